The van der Waals surface area contributed by atoms with E-state index in [4.69, 9.17) is 40.3 Å². The number of carbonyl (C=O) groups is 1. The summed E-state index contributed by atoms with van der Waals surface area (Å²) in [6.45, 7) is 13.3. The molecule has 0 aliphatic carbocycles. The molecule has 2 aromatic carbocycles. The van der Waals surface area contributed by atoms with Gasteiger partial charge in [-0.25, -0.2) is 9.18 Å². The largest absolute Gasteiger partial charge is 0.468 e. The molecule has 4 aliphatic rings. The van der Waals surface area contributed by atoms with Crippen LogP contribution in [-0.4, -0.2) is 101 Å². The number of rotatable bonds is 8. The molecule has 4 aromatic rings. The highest BCUT2D eigenvalue weighted by molar-refractivity contribution is 6.03. The third-order valence-electron chi connectivity index (χ3n) is 11.6. The predicted molar refractivity (Wildman–Crippen MR) is 210 cm³/mol. The number of fused-ring (bicyclic) bond motifs is 5. The van der Waals surface area contributed by atoms with Crippen molar-refractivity contribution in [1.29, 1.82) is 0 Å². The smallest absolute Gasteiger partial charge is 0.410 e. The van der Waals surface area contributed by atoms with Crippen molar-refractivity contribution in [2.75, 3.05) is 51.6 Å². The van der Waals surface area contributed by atoms with Crippen molar-refractivity contribution >= 4 is 33.6 Å². The van der Waals surface area contributed by atoms with E-state index in [0.29, 0.717) is 53.2 Å². The van der Waals surface area contributed by atoms with Crippen molar-refractivity contribution in [1.82, 2.24) is 24.8 Å². The van der Waals surface area contributed by atoms with E-state index in [1.54, 1.807) is 19.4 Å². The number of nitrogens with zero attached hydrogens (tertiary/aromatic N) is 6. The number of terminal acetylenes is 1. The molecule has 12 heteroatoms. The first-order valence-corrected chi connectivity index (χ1v) is 19.2. The van der Waals surface area contributed by atoms with E-state index in [1.807, 2.05) is 49.9 Å². The second-order valence-electron chi connectivity index (χ2n) is 16.6. The number of piperazine rings is 1. The second kappa shape index (κ2) is 14.3. The maximum Gasteiger partial charge on any atom is 0.410 e. The molecule has 0 saturated carbocycles. The van der Waals surface area contributed by atoms with Crippen molar-refractivity contribution in [3.05, 3.63) is 59.1 Å². The standard InChI is InChI=1S/C43H49FN6O5/c1-8-27-11-9-12-28-17-32(54-25-52-7)18-33(35(27)28)37-36(44)38-34(20-45-37)39(48-22-30-13-14-31(23-48)50(30)41(51)55-42(4,5)6)47-40(46-38)53-24-43-15-10-16-49(43)21-29(19-43)26(2)3/h1,9,11-12,17-18,20,30-31H,10,13-16,19,21-25H2,2-7H3/t30-,31+,43?. The molecule has 8 rings (SSSR count). The lowest BCUT2D eigenvalue weighted by atomic mass is 9.92. The molecular weight excluding hydrogens is 700 g/mol. The third-order valence-corrected chi connectivity index (χ3v) is 11.6. The van der Waals surface area contributed by atoms with Crippen LogP contribution in [-0.2, 0) is 9.47 Å². The van der Waals surface area contributed by atoms with Crippen molar-refractivity contribution in [3.63, 3.8) is 0 Å². The minimum atomic E-state index is -0.619. The maximum absolute atomic E-state index is 17.4. The van der Waals surface area contributed by atoms with Crippen LogP contribution in [0, 0.1) is 18.2 Å². The number of ether oxygens (including phenoxy) is 4. The first-order chi connectivity index (χ1) is 26.4. The minimum Gasteiger partial charge on any atom is -0.468 e. The molecule has 11 nitrogen and oxygen atoms in total. The van der Waals surface area contributed by atoms with Crippen LogP contribution in [0.3, 0.4) is 0 Å². The second-order valence-corrected chi connectivity index (χ2v) is 16.6. The molecule has 1 amide bonds. The van der Waals surface area contributed by atoms with Crippen LogP contribution in [0.25, 0.3) is 32.9 Å². The van der Waals surface area contributed by atoms with E-state index in [9.17, 15) is 4.79 Å². The van der Waals surface area contributed by atoms with Gasteiger partial charge in [-0.05, 0) is 96.9 Å². The SMILES string of the molecule is C#Cc1cccc2cc(OCOC)cc(-c3ncc4c(N5C[C@H]6CC[C@@H](C5)N6C(=O)OC(C)(C)C)nc(OCC56CCCN5CC(=C(C)C)C6)nc4c3F)c12. The highest BCUT2D eigenvalue weighted by Crippen LogP contribution is 2.44. The molecule has 4 aliphatic heterocycles. The maximum atomic E-state index is 17.4. The molecule has 4 fully saturated rings. The van der Waals surface area contributed by atoms with E-state index in [2.05, 4.69) is 29.6 Å². The number of carbonyl (C=O) groups excluding carboxylic acids is 1. The van der Waals surface area contributed by atoms with Gasteiger partial charge in [0.2, 0.25) is 0 Å². The van der Waals surface area contributed by atoms with Gasteiger partial charge in [0.05, 0.1) is 23.0 Å². The Bertz CT molecular complexity index is 2230. The molecule has 288 valence electrons. The fourth-order valence-corrected chi connectivity index (χ4v) is 8.99. The van der Waals surface area contributed by atoms with Crippen LogP contribution in [0.4, 0.5) is 15.0 Å². The summed E-state index contributed by atoms with van der Waals surface area (Å²) in [5, 5.41) is 1.91. The van der Waals surface area contributed by atoms with Crippen molar-refractivity contribution in [2.24, 2.45) is 0 Å². The van der Waals surface area contributed by atoms with Crippen LogP contribution >= 0.6 is 0 Å². The van der Waals surface area contributed by atoms with Gasteiger partial charge >= 0.3 is 12.1 Å². The Morgan fingerprint density at radius 1 is 1.11 bits per heavy atom. The molecule has 0 radical (unpaired) electrons. The average Bonchev–Trinajstić information content (AvgIpc) is 3.80. The molecule has 55 heavy (non-hydrogen) atoms. The predicted octanol–water partition coefficient (Wildman–Crippen LogP) is 7.49. The lowest BCUT2D eigenvalue weighted by molar-refractivity contribution is 0.0122. The van der Waals surface area contributed by atoms with Gasteiger partial charge in [0.1, 0.15) is 35.0 Å². The van der Waals surface area contributed by atoms with Crippen LogP contribution in [0.5, 0.6) is 11.8 Å². The minimum absolute atomic E-state index is 0.0158. The number of hydrogen-bond acceptors (Lipinski definition) is 10. The fourth-order valence-electron chi connectivity index (χ4n) is 8.99. The van der Waals surface area contributed by atoms with Gasteiger partial charge in [-0.15, -0.1) is 6.42 Å². The first kappa shape index (κ1) is 37.0. The van der Waals surface area contributed by atoms with Gasteiger partial charge in [-0.2, -0.15) is 9.97 Å². The van der Waals surface area contributed by atoms with Gasteiger partial charge in [-0.3, -0.25) is 14.8 Å². The molecule has 1 unspecified atom stereocenters. The number of hydrogen-bond donors (Lipinski definition) is 0. The normalized spacial score (nSPS) is 22.3. The summed E-state index contributed by atoms with van der Waals surface area (Å²) in [5.74, 6) is 3.15. The molecule has 0 N–H and O–H groups in total. The topological polar surface area (TPSA) is 102 Å². The molecule has 3 atom stereocenters. The van der Waals surface area contributed by atoms with Gasteiger partial charge in [0.25, 0.3) is 0 Å². The van der Waals surface area contributed by atoms with Crippen molar-refractivity contribution in [3.8, 4) is 35.4 Å². The molecule has 2 aromatic heterocycles. The number of amides is 1. The zero-order chi connectivity index (χ0) is 38.6. The van der Waals surface area contributed by atoms with Gasteiger partial charge < -0.3 is 23.8 Å². The Labute approximate surface area is 321 Å². The number of aromatic nitrogens is 3. The van der Waals surface area contributed by atoms with Crippen molar-refractivity contribution in [2.45, 2.75) is 89.9 Å². The lowest BCUT2D eigenvalue weighted by Crippen LogP contribution is -2.57. The van der Waals surface area contributed by atoms with E-state index in [0.717, 1.165) is 50.6 Å². The fraction of sp³-hybridized carbons (Fsp3) is 0.488. The van der Waals surface area contributed by atoms with E-state index in [1.165, 1.54) is 11.1 Å². The number of methoxy groups -OCH3 is 1. The highest BCUT2D eigenvalue weighted by Gasteiger charge is 2.48. The molecular formula is C43H49FN6O5. The van der Waals surface area contributed by atoms with Crippen LogP contribution < -0.4 is 14.4 Å². The van der Waals surface area contributed by atoms with Gasteiger partial charge in [0.15, 0.2) is 12.6 Å². The summed E-state index contributed by atoms with van der Waals surface area (Å²) in [4.78, 5) is 34.4. The van der Waals surface area contributed by atoms with Crippen LogP contribution in [0.1, 0.15) is 72.3 Å². The molecule has 0 spiro atoms. The Balaban J connectivity index is 1.23. The van der Waals surface area contributed by atoms with Crippen LogP contribution in [0.2, 0.25) is 0 Å². The monoisotopic (exact) mass is 748 g/mol. The summed E-state index contributed by atoms with van der Waals surface area (Å²) < 4.78 is 40.8. The number of benzene rings is 2. The molecule has 4 saturated heterocycles. The summed E-state index contributed by atoms with van der Waals surface area (Å²) >= 11 is 0. The number of pyridine rings is 1. The van der Waals surface area contributed by atoms with E-state index < -0.39 is 11.4 Å². The summed E-state index contributed by atoms with van der Waals surface area (Å²) in [6, 6.07) is 9.12. The Morgan fingerprint density at radius 2 is 1.89 bits per heavy atom. The van der Waals surface area contributed by atoms with Gasteiger partial charge in [-0.1, -0.05) is 29.2 Å². The Morgan fingerprint density at radius 3 is 2.60 bits per heavy atom. The highest BCUT2D eigenvalue weighted by atomic mass is 19.1. The van der Waals surface area contributed by atoms with E-state index in [-0.39, 0.29) is 47.7 Å². The van der Waals surface area contributed by atoms with Crippen molar-refractivity contribution < 1.29 is 28.1 Å². The number of allylic oxidation sites excluding steroid dienone is 1. The number of anilines is 1. The van der Waals surface area contributed by atoms with Gasteiger partial charge in [0, 0.05) is 49.5 Å². The van der Waals surface area contributed by atoms with Crippen LogP contribution in [0.15, 0.2) is 47.7 Å². The molecule has 6 heterocycles. The summed E-state index contributed by atoms with van der Waals surface area (Å²) in [7, 11) is 1.54. The van der Waals surface area contributed by atoms with E-state index >= 15 is 4.39 Å². The Kier molecular flexibility index (Phi) is 9.58. The third kappa shape index (κ3) is 6.82. The number of halogens is 1. The summed E-state index contributed by atoms with van der Waals surface area (Å²) in [5.41, 5.74) is 3.28. The summed E-state index contributed by atoms with van der Waals surface area (Å²) in [6.07, 6.45) is 12.0. The zero-order valence-electron chi connectivity index (χ0n) is 32.6. The first-order valence-electron chi connectivity index (χ1n) is 19.2. The quantitative estimate of drug-likeness (QED) is 0.102. The zero-order valence-corrected chi connectivity index (χ0v) is 32.6. The average molecular weight is 749 g/mol. The Hall–Kier alpha value is -4.99. The molecule has 2 bridgehead atoms. The lowest BCUT2D eigenvalue weighted by Gasteiger charge is -2.42.